The number of aromatic nitrogens is 4. The smallest absolute Gasteiger partial charge is 0.254 e. The van der Waals surface area contributed by atoms with Crippen LogP contribution in [0.15, 0.2) is 24.5 Å². The highest BCUT2D eigenvalue weighted by atomic mass is 16.5. The Bertz CT molecular complexity index is 1100. The van der Waals surface area contributed by atoms with E-state index in [0.717, 1.165) is 50.3 Å². The standard InChI is InChI=1S/C22H26N6O3/c1-30-16-11-15(12-17(13-16)31-2)21(29)27-9-7-26(8-10-27)20-18-5-3-4-6-19(18)25-22-23-14-24-28(20)22/h11-14H,3-10H2,1-2H3. The predicted octanol–water partition coefficient (Wildman–Crippen LogP) is 1.98. The van der Waals surface area contributed by atoms with Gasteiger partial charge in [-0.05, 0) is 37.8 Å². The van der Waals surface area contributed by atoms with E-state index < -0.39 is 0 Å². The number of benzene rings is 1. The average Bonchev–Trinajstić information content (AvgIpc) is 3.29. The molecule has 3 heterocycles. The third-order valence-electron chi connectivity index (χ3n) is 6.14. The Kier molecular flexibility index (Phi) is 5.09. The monoisotopic (exact) mass is 422 g/mol. The molecule has 0 saturated carbocycles. The summed E-state index contributed by atoms with van der Waals surface area (Å²) < 4.78 is 12.5. The quantitative estimate of drug-likeness (QED) is 0.636. The van der Waals surface area contributed by atoms with E-state index in [2.05, 4.69) is 15.0 Å². The maximum Gasteiger partial charge on any atom is 0.254 e. The first-order valence-electron chi connectivity index (χ1n) is 10.7. The van der Waals surface area contributed by atoms with Crippen molar-refractivity contribution in [2.75, 3.05) is 45.3 Å². The molecular formula is C22H26N6O3. The molecule has 9 nitrogen and oxygen atoms in total. The van der Waals surface area contributed by atoms with Gasteiger partial charge in [0.05, 0.1) is 19.9 Å². The molecular weight excluding hydrogens is 396 g/mol. The SMILES string of the molecule is COc1cc(OC)cc(C(=O)N2CCN(c3c4c(nc5ncnn35)CCCC4)CC2)c1. The van der Waals surface area contributed by atoms with Crippen molar-refractivity contribution in [2.24, 2.45) is 0 Å². The Morgan fingerprint density at radius 1 is 0.968 bits per heavy atom. The highest BCUT2D eigenvalue weighted by Gasteiger charge is 2.28. The number of hydrogen-bond acceptors (Lipinski definition) is 7. The lowest BCUT2D eigenvalue weighted by Crippen LogP contribution is -2.49. The van der Waals surface area contributed by atoms with Gasteiger partial charge >= 0.3 is 0 Å². The van der Waals surface area contributed by atoms with Gasteiger partial charge in [-0.15, -0.1) is 0 Å². The second kappa shape index (κ2) is 8.05. The summed E-state index contributed by atoms with van der Waals surface area (Å²) in [6.07, 6.45) is 5.89. The number of rotatable bonds is 4. The molecule has 1 aliphatic heterocycles. The van der Waals surface area contributed by atoms with Gasteiger partial charge in [-0.3, -0.25) is 4.79 Å². The van der Waals surface area contributed by atoms with Gasteiger partial charge in [0.1, 0.15) is 23.6 Å². The van der Waals surface area contributed by atoms with Crippen LogP contribution in [0.1, 0.15) is 34.5 Å². The lowest BCUT2D eigenvalue weighted by molar-refractivity contribution is 0.0745. The van der Waals surface area contributed by atoms with E-state index in [4.69, 9.17) is 14.5 Å². The van der Waals surface area contributed by atoms with Gasteiger partial charge in [0.25, 0.3) is 11.7 Å². The summed E-state index contributed by atoms with van der Waals surface area (Å²) >= 11 is 0. The van der Waals surface area contributed by atoms with Crippen LogP contribution < -0.4 is 14.4 Å². The number of piperazine rings is 1. The summed E-state index contributed by atoms with van der Waals surface area (Å²) in [6.45, 7) is 2.73. The van der Waals surface area contributed by atoms with Crippen molar-refractivity contribution in [2.45, 2.75) is 25.7 Å². The molecule has 1 saturated heterocycles. The molecule has 0 radical (unpaired) electrons. The number of anilines is 1. The predicted molar refractivity (Wildman–Crippen MR) is 115 cm³/mol. The van der Waals surface area contributed by atoms with Crippen molar-refractivity contribution in [1.82, 2.24) is 24.5 Å². The van der Waals surface area contributed by atoms with Crippen LogP contribution in [0.5, 0.6) is 11.5 Å². The molecule has 0 spiro atoms. The first-order valence-corrected chi connectivity index (χ1v) is 10.7. The molecule has 162 valence electrons. The number of nitrogens with zero attached hydrogens (tertiary/aromatic N) is 6. The molecule has 0 unspecified atom stereocenters. The lowest BCUT2D eigenvalue weighted by Gasteiger charge is -2.37. The number of amides is 1. The Hall–Kier alpha value is -3.36. The molecule has 1 aliphatic carbocycles. The van der Waals surface area contributed by atoms with E-state index in [1.807, 2.05) is 9.42 Å². The minimum atomic E-state index is -0.0143. The zero-order valence-electron chi connectivity index (χ0n) is 17.9. The van der Waals surface area contributed by atoms with Gasteiger partial charge in [-0.2, -0.15) is 14.6 Å². The lowest BCUT2D eigenvalue weighted by atomic mass is 9.96. The molecule has 2 aromatic heterocycles. The van der Waals surface area contributed by atoms with Crippen LogP contribution in [0.2, 0.25) is 0 Å². The van der Waals surface area contributed by atoms with E-state index >= 15 is 0 Å². The number of ether oxygens (including phenoxy) is 2. The van der Waals surface area contributed by atoms with Crippen molar-refractivity contribution in [1.29, 1.82) is 0 Å². The van der Waals surface area contributed by atoms with Crippen LogP contribution in [0.4, 0.5) is 5.82 Å². The first-order chi connectivity index (χ1) is 15.2. The zero-order chi connectivity index (χ0) is 21.4. The fourth-order valence-electron chi connectivity index (χ4n) is 4.52. The molecule has 5 rings (SSSR count). The number of methoxy groups -OCH3 is 2. The minimum Gasteiger partial charge on any atom is -0.497 e. The van der Waals surface area contributed by atoms with Crippen LogP contribution in [0.3, 0.4) is 0 Å². The normalized spacial score (nSPS) is 16.3. The second-order valence-corrected chi connectivity index (χ2v) is 7.92. The first kappa shape index (κ1) is 19.6. The number of aryl methyl sites for hydroxylation is 1. The van der Waals surface area contributed by atoms with Crippen molar-refractivity contribution in [3.8, 4) is 11.5 Å². The number of hydrogen-bond donors (Lipinski definition) is 0. The average molecular weight is 422 g/mol. The van der Waals surface area contributed by atoms with Crippen molar-refractivity contribution < 1.29 is 14.3 Å². The molecule has 0 N–H and O–H groups in total. The summed E-state index contributed by atoms with van der Waals surface area (Å²) in [7, 11) is 3.17. The highest BCUT2D eigenvalue weighted by Crippen LogP contribution is 2.31. The molecule has 3 aromatic rings. The Balaban J connectivity index is 1.38. The Labute approximate surface area is 180 Å². The summed E-state index contributed by atoms with van der Waals surface area (Å²) in [4.78, 5) is 26.4. The molecule has 0 bridgehead atoms. The third-order valence-corrected chi connectivity index (χ3v) is 6.14. The number of fused-ring (bicyclic) bond motifs is 2. The van der Waals surface area contributed by atoms with Gasteiger partial charge in [-0.25, -0.2) is 4.98 Å². The van der Waals surface area contributed by atoms with E-state index in [0.29, 0.717) is 35.9 Å². The largest absolute Gasteiger partial charge is 0.497 e. The summed E-state index contributed by atoms with van der Waals surface area (Å²) in [5.41, 5.74) is 3.00. The zero-order valence-corrected chi connectivity index (χ0v) is 17.9. The Morgan fingerprint density at radius 2 is 1.68 bits per heavy atom. The third kappa shape index (κ3) is 3.54. The fourth-order valence-corrected chi connectivity index (χ4v) is 4.52. The van der Waals surface area contributed by atoms with Gasteiger partial charge < -0.3 is 19.3 Å². The van der Waals surface area contributed by atoms with Crippen molar-refractivity contribution in [3.63, 3.8) is 0 Å². The summed E-state index contributed by atoms with van der Waals surface area (Å²) in [5.74, 6) is 2.95. The fraction of sp³-hybridized carbons (Fsp3) is 0.455. The van der Waals surface area contributed by atoms with E-state index in [1.54, 1.807) is 38.7 Å². The van der Waals surface area contributed by atoms with Crippen molar-refractivity contribution in [3.05, 3.63) is 41.3 Å². The van der Waals surface area contributed by atoms with Crippen LogP contribution in [0.25, 0.3) is 5.78 Å². The van der Waals surface area contributed by atoms with Crippen LogP contribution >= 0.6 is 0 Å². The molecule has 1 amide bonds. The summed E-state index contributed by atoms with van der Waals surface area (Å²) in [6, 6.07) is 5.29. The van der Waals surface area contributed by atoms with Gasteiger partial charge in [0, 0.05) is 43.4 Å². The summed E-state index contributed by atoms with van der Waals surface area (Å²) in [5, 5.41) is 4.43. The molecule has 1 aromatic carbocycles. The van der Waals surface area contributed by atoms with E-state index in [9.17, 15) is 4.79 Å². The maximum atomic E-state index is 13.1. The van der Waals surface area contributed by atoms with Crippen LogP contribution in [-0.4, -0.2) is 70.8 Å². The van der Waals surface area contributed by atoms with Gasteiger partial charge in [0.2, 0.25) is 0 Å². The van der Waals surface area contributed by atoms with Gasteiger partial charge in [0.15, 0.2) is 0 Å². The van der Waals surface area contributed by atoms with Crippen LogP contribution in [-0.2, 0) is 12.8 Å². The molecule has 0 atom stereocenters. The van der Waals surface area contributed by atoms with Gasteiger partial charge in [-0.1, -0.05) is 0 Å². The Morgan fingerprint density at radius 3 is 2.39 bits per heavy atom. The number of carbonyl (C=O) groups excluding carboxylic acids is 1. The van der Waals surface area contributed by atoms with E-state index in [1.165, 1.54) is 5.56 Å². The highest BCUT2D eigenvalue weighted by molar-refractivity contribution is 5.95. The maximum absolute atomic E-state index is 13.1. The topological polar surface area (TPSA) is 85.1 Å². The molecule has 1 fully saturated rings. The van der Waals surface area contributed by atoms with Crippen molar-refractivity contribution >= 4 is 17.5 Å². The van der Waals surface area contributed by atoms with Crippen LogP contribution in [0, 0.1) is 0 Å². The van der Waals surface area contributed by atoms with E-state index in [-0.39, 0.29) is 5.91 Å². The minimum absolute atomic E-state index is 0.0143. The molecule has 2 aliphatic rings. The molecule has 31 heavy (non-hydrogen) atoms. The second-order valence-electron chi connectivity index (χ2n) is 7.92. The molecule has 9 heteroatoms. The number of carbonyl (C=O) groups is 1.